The van der Waals surface area contributed by atoms with Crippen LogP contribution < -0.4 is 20.4 Å². The minimum atomic E-state index is -4.77. The zero-order chi connectivity index (χ0) is 20.9. The molecule has 7 nitrogen and oxygen atoms in total. The average Bonchev–Trinajstić information content (AvgIpc) is 3.04. The molecule has 0 spiro atoms. The highest BCUT2D eigenvalue weighted by atomic mass is 32.2. The number of hydrogen-bond acceptors (Lipinski definition) is 5. The number of alkyl halides is 3. The first kappa shape index (κ1) is 20.5. The normalized spacial score (nSPS) is 11.3. The molecule has 152 valence electrons. The minimum absolute atomic E-state index is 0.0743. The van der Waals surface area contributed by atoms with E-state index in [1.807, 2.05) is 6.07 Å². The summed E-state index contributed by atoms with van der Waals surface area (Å²) in [4.78, 5) is 23.9. The molecule has 0 bridgehead atoms. The molecule has 0 saturated carbocycles. The van der Waals surface area contributed by atoms with E-state index in [-0.39, 0.29) is 28.9 Å². The van der Waals surface area contributed by atoms with Gasteiger partial charge in [0, 0.05) is 30.0 Å². The molecule has 29 heavy (non-hydrogen) atoms. The number of anilines is 1. The van der Waals surface area contributed by atoms with Gasteiger partial charge in [-0.1, -0.05) is 18.2 Å². The van der Waals surface area contributed by atoms with Crippen molar-refractivity contribution in [3.8, 4) is 11.4 Å². The van der Waals surface area contributed by atoms with E-state index in [1.165, 1.54) is 16.8 Å². The summed E-state index contributed by atoms with van der Waals surface area (Å²) in [6.45, 7) is 0. The Hall–Kier alpha value is -3.21. The van der Waals surface area contributed by atoms with Crippen molar-refractivity contribution in [1.82, 2.24) is 5.27 Å². The van der Waals surface area contributed by atoms with Gasteiger partial charge in [-0.25, -0.2) is 4.79 Å². The lowest BCUT2D eigenvalue weighted by atomic mass is 10.3. The molecule has 0 unspecified atom stereocenters. The van der Waals surface area contributed by atoms with Crippen molar-refractivity contribution in [2.45, 2.75) is 17.8 Å². The molecule has 1 heterocycles. The van der Waals surface area contributed by atoms with Crippen LogP contribution in [0.3, 0.4) is 0 Å². The maximum atomic E-state index is 12.1. The van der Waals surface area contributed by atoms with Gasteiger partial charge in [-0.2, -0.15) is 0 Å². The zero-order valence-corrected chi connectivity index (χ0v) is 15.5. The summed E-state index contributed by atoms with van der Waals surface area (Å²) in [6, 6.07) is 13.8. The van der Waals surface area contributed by atoms with Gasteiger partial charge in [-0.15, -0.1) is 13.2 Å². The third-order valence-electron chi connectivity index (χ3n) is 3.56. The van der Waals surface area contributed by atoms with Gasteiger partial charge in [0.2, 0.25) is 11.6 Å². The van der Waals surface area contributed by atoms with Gasteiger partial charge in [-0.3, -0.25) is 9.32 Å². The fourth-order valence-electron chi connectivity index (χ4n) is 2.34. The summed E-state index contributed by atoms with van der Waals surface area (Å²) >= 11 is 1.14. The number of aromatic amines is 1. The second-order valence-corrected chi connectivity index (χ2v) is 6.76. The predicted molar refractivity (Wildman–Crippen MR) is 98.0 cm³/mol. The molecule has 0 saturated heterocycles. The van der Waals surface area contributed by atoms with Gasteiger partial charge < -0.3 is 10.1 Å². The lowest BCUT2D eigenvalue weighted by Crippen LogP contribution is -2.36. The number of benzene rings is 2. The van der Waals surface area contributed by atoms with Gasteiger partial charge in [-0.05, 0) is 46.0 Å². The number of amides is 1. The van der Waals surface area contributed by atoms with Crippen molar-refractivity contribution in [1.29, 1.82) is 0 Å². The molecule has 2 aromatic carbocycles. The highest BCUT2D eigenvalue weighted by molar-refractivity contribution is 7.99. The summed E-state index contributed by atoms with van der Waals surface area (Å²) in [5, 5.41) is 5.36. The van der Waals surface area contributed by atoms with Gasteiger partial charge in [0.15, 0.2) is 0 Å². The molecule has 3 aromatic rings. The number of thioether (sulfide) groups is 1. The molecule has 0 aliphatic heterocycles. The smallest absolute Gasteiger partial charge is 0.406 e. The van der Waals surface area contributed by atoms with E-state index < -0.39 is 12.0 Å². The van der Waals surface area contributed by atoms with Crippen LogP contribution in [-0.2, 0) is 4.79 Å². The largest absolute Gasteiger partial charge is 0.573 e. The number of aromatic nitrogens is 2. The number of nitrogens with zero attached hydrogens (tertiary/aromatic N) is 1. The monoisotopic (exact) mass is 426 g/mol. The lowest BCUT2D eigenvalue weighted by Gasteiger charge is -2.09. The van der Waals surface area contributed by atoms with Crippen LogP contribution in [-0.4, -0.2) is 23.3 Å². The summed E-state index contributed by atoms with van der Waals surface area (Å²) in [6.07, 6.45) is -4.70. The number of rotatable bonds is 7. The van der Waals surface area contributed by atoms with Crippen LogP contribution in [0.25, 0.3) is 5.69 Å². The fraction of sp³-hybridized carbons (Fsp3) is 0.167. The topological polar surface area (TPSA) is 88.2 Å². The van der Waals surface area contributed by atoms with E-state index >= 15 is 0 Å². The minimum Gasteiger partial charge on any atom is -0.406 e. The third-order valence-corrected chi connectivity index (χ3v) is 4.59. The van der Waals surface area contributed by atoms with Gasteiger partial charge >= 0.3 is 17.0 Å². The molecule has 3 rings (SSSR count). The standard InChI is InChI=1S/C18H14F3N3O4S/c19-18(20,21)27-14-8-6-12(7-9-14)22-15(25)10-11-29-16-17(26)28-23-24(16)13-4-2-1-3-5-13/h1-9H,10-11H2,(H-,22,23,25,26)/p+1. The van der Waals surface area contributed by atoms with Crippen LogP contribution >= 0.6 is 11.8 Å². The summed E-state index contributed by atoms with van der Waals surface area (Å²) in [5.74, 6) is -0.444. The van der Waals surface area contributed by atoms with Crippen molar-refractivity contribution in [3.05, 3.63) is 65.0 Å². The first-order valence-corrected chi connectivity index (χ1v) is 9.28. The first-order valence-electron chi connectivity index (χ1n) is 8.29. The second kappa shape index (κ2) is 8.86. The second-order valence-electron chi connectivity index (χ2n) is 5.68. The zero-order valence-electron chi connectivity index (χ0n) is 14.7. The maximum absolute atomic E-state index is 12.1. The number of carbonyl (C=O) groups excluding carboxylic acids is 1. The highest BCUT2D eigenvalue weighted by Gasteiger charge is 2.31. The van der Waals surface area contributed by atoms with Gasteiger partial charge in [0.25, 0.3) is 0 Å². The number of nitrogens with one attached hydrogen (secondary N) is 2. The Kier molecular flexibility index (Phi) is 6.27. The number of halogens is 3. The lowest BCUT2D eigenvalue weighted by molar-refractivity contribution is -0.704. The third kappa shape index (κ3) is 5.88. The van der Waals surface area contributed by atoms with Crippen LogP contribution in [0.15, 0.2) is 68.9 Å². The molecule has 2 N–H and O–H groups in total. The predicted octanol–water partition coefficient (Wildman–Crippen LogP) is 3.26. The number of ether oxygens (including phenoxy) is 1. The van der Waals surface area contributed by atoms with Crippen molar-refractivity contribution in [3.63, 3.8) is 0 Å². The fourth-order valence-corrected chi connectivity index (χ4v) is 3.25. The Balaban J connectivity index is 1.53. The summed E-state index contributed by atoms with van der Waals surface area (Å²) in [7, 11) is 0. The maximum Gasteiger partial charge on any atom is 0.573 e. The Morgan fingerprint density at radius 1 is 1.14 bits per heavy atom. The number of para-hydroxylation sites is 1. The van der Waals surface area contributed by atoms with Crippen LogP contribution in [0.2, 0.25) is 0 Å². The van der Waals surface area contributed by atoms with E-state index in [0.717, 1.165) is 23.9 Å². The molecule has 0 aliphatic rings. The summed E-state index contributed by atoms with van der Waals surface area (Å²) < 4.78 is 46.5. The molecule has 1 amide bonds. The first-order chi connectivity index (χ1) is 13.8. The van der Waals surface area contributed by atoms with E-state index in [9.17, 15) is 22.8 Å². The highest BCUT2D eigenvalue weighted by Crippen LogP contribution is 2.24. The number of hydrogen-bond donors (Lipinski definition) is 2. The summed E-state index contributed by atoms with van der Waals surface area (Å²) in [5.41, 5.74) is 0.473. The number of H-pyrrole nitrogens is 1. The Morgan fingerprint density at radius 2 is 1.83 bits per heavy atom. The van der Waals surface area contributed by atoms with E-state index in [2.05, 4.69) is 15.3 Å². The van der Waals surface area contributed by atoms with Crippen molar-refractivity contribution in [2.24, 2.45) is 0 Å². The van der Waals surface area contributed by atoms with Crippen molar-refractivity contribution < 1.29 is 31.9 Å². The average molecular weight is 426 g/mol. The molecule has 0 fully saturated rings. The quantitative estimate of drug-likeness (QED) is 0.447. The molecule has 1 aromatic heterocycles. The van der Waals surface area contributed by atoms with Gasteiger partial charge in [0.05, 0.1) is 0 Å². The molecule has 0 radical (unpaired) electrons. The molecule has 0 atom stereocenters. The SMILES string of the molecule is O=C(CCSc1c(=O)o[nH][n+]1-c1ccccc1)Nc1ccc(OC(F)(F)F)cc1. The molecular formula is C18H15F3N3O4S+. The molecule has 0 aliphatic carbocycles. The van der Waals surface area contributed by atoms with Crippen LogP contribution in [0.4, 0.5) is 18.9 Å². The Bertz CT molecular complexity index is 1020. The number of carbonyl (C=O) groups is 1. The van der Waals surface area contributed by atoms with E-state index in [4.69, 9.17) is 4.52 Å². The van der Waals surface area contributed by atoms with Crippen LogP contribution in [0, 0.1) is 0 Å². The van der Waals surface area contributed by atoms with Crippen LogP contribution in [0.1, 0.15) is 6.42 Å². The van der Waals surface area contributed by atoms with Crippen molar-refractivity contribution in [2.75, 3.05) is 11.1 Å². The molecular weight excluding hydrogens is 411 g/mol. The Labute approximate surface area is 166 Å². The van der Waals surface area contributed by atoms with Crippen LogP contribution in [0.5, 0.6) is 5.75 Å². The molecule has 11 heteroatoms. The van der Waals surface area contributed by atoms with Gasteiger partial charge in [0.1, 0.15) is 5.75 Å². The Morgan fingerprint density at radius 3 is 2.48 bits per heavy atom. The van der Waals surface area contributed by atoms with E-state index in [0.29, 0.717) is 11.4 Å². The van der Waals surface area contributed by atoms with Crippen molar-refractivity contribution >= 4 is 23.4 Å². The van der Waals surface area contributed by atoms with E-state index in [1.54, 1.807) is 24.3 Å².